The molecule has 1 unspecified atom stereocenters. The van der Waals surface area contributed by atoms with Crippen LogP contribution in [0.1, 0.15) is 28.8 Å². The monoisotopic (exact) mass is 424 g/mol. The van der Waals surface area contributed by atoms with Gasteiger partial charge in [0.2, 0.25) is 11.8 Å². The number of nitrogens with one attached hydrogen (secondary N) is 1. The van der Waals surface area contributed by atoms with E-state index in [4.69, 9.17) is 9.47 Å². The number of phenolic OH excluding ortho intramolecular Hbond substituents is 1. The number of rotatable bonds is 5. The average molecular weight is 424 g/mol. The topological polar surface area (TPSA) is 130 Å². The second-order valence-electron chi connectivity index (χ2n) is 7.10. The van der Waals surface area contributed by atoms with Gasteiger partial charge in [0.15, 0.2) is 11.5 Å². The number of imide groups is 1. The van der Waals surface area contributed by atoms with E-state index in [9.17, 15) is 19.5 Å². The summed E-state index contributed by atoms with van der Waals surface area (Å²) in [7, 11) is 2.86. The van der Waals surface area contributed by atoms with Crippen molar-refractivity contribution in [3.05, 3.63) is 41.5 Å². The summed E-state index contributed by atoms with van der Waals surface area (Å²) in [5, 5.41) is 20.7. The second-order valence-corrected chi connectivity index (χ2v) is 7.10. The first-order valence-corrected chi connectivity index (χ1v) is 9.56. The van der Waals surface area contributed by atoms with E-state index in [0.717, 1.165) is 0 Å². The Bertz CT molecular complexity index is 1110. The van der Waals surface area contributed by atoms with Gasteiger partial charge in [-0.2, -0.15) is 5.11 Å². The van der Waals surface area contributed by atoms with Crippen molar-refractivity contribution in [3.8, 4) is 17.2 Å². The summed E-state index contributed by atoms with van der Waals surface area (Å²) in [6, 6.07) is 7.23. The first kappa shape index (κ1) is 20.3. The maximum Gasteiger partial charge on any atom is 0.255 e. The maximum atomic E-state index is 12.9. The van der Waals surface area contributed by atoms with Crippen LogP contribution >= 0.6 is 0 Å². The number of phenols is 1. The summed E-state index contributed by atoms with van der Waals surface area (Å²) in [6.07, 6.45) is 0.470. The third kappa shape index (κ3) is 3.67. The quantitative estimate of drug-likeness (QED) is 0.560. The van der Waals surface area contributed by atoms with Crippen LogP contribution < -0.4 is 14.8 Å². The molecule has 1 atom stereocenters. The highest BCUT2D eigenvalue weighted by Gasteiger charge is 2.39. The normalized spacial score (nSPS) is 18.3. The minimum Gasteiger partial charge on any atom is -0.504 e. The molecule has 0 spiro atoms. The molecule has 2 aliphatic heterocycles. The van der Waals surface area contributed by atoms with Crippen molar-refractivity contribution in [1.82, 2.24) is 10.2 Å². The van der Waals surface area contributed by atoms with Crippen molar-refractivity contribution in [2.45, 2.75) is 25.4 Å². The van der Waals surface area contributed by atoms with E-state index < -0.39 is 11.9 Å². The van der Waals surface area contributed by atoms with Crippen LogP contribution in [0.15, 0.2) is 40.6 Å². The van der Waals surface area contributed by atoms with Gasteiger partial charge in [0.05, 0.1) is 19.9 Å². The van der Waals surface area contributed by atoms with Crippen molar-refractivity contribution in [2.24, 2.45) is 10.2 Å². The Morgan fingerprint density at radius 2 is 1.81 bits per heavy atom. The van der Waals surface area contributed by atoms with Gasteiger partial charge in [-0.1, -0.05) is 6.07 Å². The van der Waals surface area contributed by atoms with Gasteiger partial charge in [0.25, 0.3) is 5.91 Å². The molecule has 1 saturated heterocycles. The Labute approximate surface area is 177 Å². The summed E-state index contributed by atoms with van der Waals surface area (Å²) in [5.41, 5.74) is 1.89. The summed E-state index contributed by atoms with van der Waals surface area (Å²) in [6.45, 7) is 0.186. The number of carbonyl (C=O) groups excluding carboxylic acids is 3. The molecule has 3 amide bonds. The Balaban J connectivity index is 1.64. The molecular weight excluding hydrogens is 404 g/mol. The molecule has 0 aliphatic carbocycles. The lowest BCUT2D eigenvalue weighted by Gasteiger charge is -2.29. The van der Waals surface area contributed by atoms with E-state index in [2.05, 4.69) is 15.5 Å². The van der Waals surface area contributed by atoms with Crippen LogP contribution in [-0.2, 0) is 16.1 Å². The van der Waals surface area contributed by atoms with Crippen molar-refractivity contribution in [3.63, 3.8) is 0 Å². The molecule has 0 bridgehead atoms. The number of methoxy groups -OCH3 is 2. The average Bonchev–Trinajstić information content (AvgIpc) is 3.09. The number of amides is 3. The van der Waals surface area contributed by atoms with Gasteiger partial charge >= 0.3 is 0 Å². The number of azo groups is 1. The number of hydrogen-bond acceptors (Lipinski definition) is 8. The van der Waals surface area contributed by atoms with Gasteiger partial charge in [-0.3, -0.25) is 19.7 Å². The molecule has 2 aliphatic rings. The standard InChI is InChI=1S/C21H20N4O6/c1-30-17-9-16(26)18(31-2)8-14(17)24-23-13-5-3-4-11-12(13)10-25(21(11)29)15-6-7-19(27)22-20(15)28/h3-5,8-9,15,26H,6-7,10H2,1-2H3,(H,22,27,28)/b24-23+. The molecule has 0 radical (unpaired) electrons. The summed E-state index contributed by atoms with van der Waals surface area (Å²) in [4.78, 5) is 38.0. The van der Waals surface area contributed by atoms with Gasteiger partial charge in [-0.25, -0.2) is 0 Å². The molecule has 10 nitrogen and oxygen atoms in total. The number of aromatic hydroxyl groups is 1. The number of fused-ring (bicyclic) bond motifs is 1. The number of hydrogen-bond donors (Lipinski definition) is 2. The highest BCUT2D eigenvalue weighted by atomic mass is 16.5. The molecule has 1 fully saturated rings. The van der Waals surface area contributed by atoms with E-state index in [1.165, 1.54) is 31.3 Å². The van der Waals surface area contributed by atoms with E-state index in [-0.39, 0.29) is 42.7 Å². The molecule has 2 heterocycles. The lowest BCUT2D eigenvalue weighted by atomic mass is 10.0. The number of piperidine rings is 1. The Morgan fingerprint density at radius 3 is 2.52 bits per heavy atom. The summed E-state index contributed by atoms with van der Waals surface area (Å²) in [5.74, 6) is -0.669. The first-order valence-electron chi connectivity index (χ1n) is 9.56. The van der Waals surface area contributed by atoms with Crippen LogP contribution in [0.3, 0.4) is 0 Å². The smallest absolute Gasteiger partial charge is 0.255 e. The zero-order valence-electron chi connectivity index (χ0n) is 16.9. The number of nitrogens with zero attached hydrogens (tertiary/aromatic N) is 3. The lowest BCUT2D eigenvalue weighted by Crippen LogP contribution is -2.52. The molecule has 31 heavy (non-hydrogen) atoms. The van der Waals surface area contributed by atoms with Gasteiger partial charge in [0, 0.05) is 36.2 Å². The molecule has 4 rings (SSSR count). The molecule has 2 aromatic carbocycles. The first-order chi connectivity index (χ1) is 14.9. The molecule has 2 aromatic rings. The van der Waals surface area contributed by atoms with Crippen LogP contribution in [0.2, 0.25) is 0 Å². The van der Waals surface area contributed by atoms with E-state index in [1.54, 1.807) is 18.2 Å². The van der Waals surface area contributed by atoms with Crippen LogP contribution in [0.4, 0.5) is 11.4 Å². The van der Waals surface area contributed by atoms with E-state index in [1.807, 2.05) is 0 Å². The molecule has 160 valence electrons. The fourth-order valence-corrected chi connectivity index (χ4v) is 3.71. The number of carbonyl (C=O) groups is 3. The van der Waals surface area contributed by atoms with Gasteiger partial charge in [0.1, 0.15) is 17.5 Å². The van der Waals surface area contributed by atoms with Crippen molar-refractivity contribution < 1.29 is 29.0 Å². The number of ether oxygens (including phenoxy) is 2. The zero-order valence-corrected chi connectivity index (χ0v) is 16.9. The van der Waals surface area contributed by atoms with Gasteiger partial charge in [-0.15, -0.1) is 5.11 Å². The Morgan fingerprint density at radius 1 is 1.06 bits per heavy atom. The van der Waals surface area contributed by atoms with Crippen molar-refractivity contribution >= 4 is 29.1 Å². The Kier molecular flexibility index (Phi) is 5.28. The second kappa shape index (κ2) is 8.05. The fourth-order valence-electron chi connectivity index (χ4n) is 3.71. The van der Waals surface area contributed by atoms with E-state index >= 15 is 0 Å². The predicted octanol–water partition coefficient (Wildman–Crippen LogP) is 2.59. The maximum absolute atomic E-state index is 12.9. The van der Waals surface area contributed by atoms with Crippen LogP contribution in [0, 0.1) is 0 Å². The molecule has 10 heteroatoms. The highest BCUT2D eigenvalue weighted by Crippen LogP contribution is 2.40. The highest BCUT2D eigenvalue weighted by molar-refractivity contribution is 6.06. The van der Waals surface area contributed by atoms with Crippen molar-refractivity contribution in [2.75, 3.05) is 14.2 Å². The van der Waals surface area contributed by atoms with Gasteiger partial charge in [-0.05, 0) is 18.6 Å². The summed E-state index contributed by atoms with van der Waals surface area (Å²) < 4.78 is 10.3. The van der Waals surface area contributed by atoms with Crippen molar-refractivity contribution in [1.29, 1.82) is 0 Å². The number of benzene rings is 2. The molecular formula is C21H20N4O6. The van der Waals surface area contributed by atoms with Crippen LogP contribution in [0.5, 0.6) is 17.2 Å². The zero-order chi connectivity index (χ0) is 22.1. The molecule has 2 N–H and O–H groups in total. The lowest BCUT2D eigenvalue weighted by molar-refractivity contribution is -0.136. The Hall–Kier alpha value is -3.95. The van der Waals surface area contributed by atoms with Gasteiger partial charge < -0.3 is 19.5 Å². The minimum absolute atomic E-state index is 0.0932. The minimum atomic E-state index is -0.705. The molecule has 0 saturated carbocycles. The predicted molar refractivity (Wildman–Crippen MR) is 108 cm³/mol. The van der Waals surface area contributed by atoms with Crippen LogP contribution in [0.25, 0.3) is 0 Å². The third-order valence-electron chi connectivity index (χ3n) is 5.30. The fraction of sp³-hybridized carbons (Fsp3) is 0.286. The molecule has 0 aromatic heterocycles. The largest absolute Gasteiger partial charge is 0.504 e. The van der Waals surface area contributed by atoms with Crippen LogP contribution in [-0.4, -0.2) is 48.0 Å². The summed E-state index contributed by atoms with van der Waals surface area (Å²) >= 11 is 0. The van der Waals surface area contributed by atoms with E-state index in [0.29, 0.717) is 28.3 Å². The third-order valence-corrected chi connectivity index (χ3v) is 5.30. The SMILES string of the molecule is COc1cc(/N=N/c2cccc3c2CN(C2CCC(=O)NC2=O)C3=O)c(OC)cc1O.